The van der Waals surface area contributed by atoms with Crippen LogP contribution in [0.4, 0.5) is 0 Å². The predicted octanol–water partition coefficient (Wildman–Crippen LogP) is 2.53. The summed E-state index contributed by atoms with van der Waals surface area (Å²) in [6.07, 6.45) is 4.82. The van der Waals surface area contributed by atoms with Gasteiger partial charge in [0.2, 0.25) is 0 Å². The molecule has 0 unspecified atom stereocenters. The molecule has 1 aliphatic heterocycles. The molecule has 0 radical (unpaired) electrons. The van der Waals surface area contributed by atoms with E-state index in [1.165, 1.54) is 24.0 Å². The largest absolute Gasteiger partial charge is 0.380 e. The first-order valence-electron chi connectivity index (χ1n) is 6.25. The molecule has 0 aromatic heterocycles. The van der Waals surface area contributed by atoms with Crippen LogP contribution in [-0.2, 0) is 10.3 Å². The van der Waals surface area contributed by atoms with Crippen molar-refractivity contribution in [3.8, 4) is 0 Å². The molecular weight excluding hydrogens is 198 g/mol. The summed E-state index contributed by atoms with van der Waals surface area (Å²) in [5.41, 5.74) is 9.15. The fourth-order valence-electron chi connectivity index (χ4n) is 2.83. The molecule has 3 rings (SSSR count). The Morgan fingerprint density at radius 3 is 2.56 bits per heavy atom. The van der Waals surface area contributed by atoms with Gasteiger partial charge >= 0.3 is 0 Å². The van der Waals surface area contributed by atoms with Crippen molar-refractivity contribution in [3.63, 3.8) is 0 Å². The molecule has 0 bridgehead atoms. The van der Waals surface area contributed by atoms with E-state index in [4.69, 9.17) is 10.5 Å². The lowest BCUT2D eigenvalue weighted by Gasteiger charge is -2.29. The van der Waals surface area contributed by atoms with Gasteiger partial charge in [0.25, 0.3) is 0 Å². The third-order valence-electron chi connectivity index (χ3n) is 4.07. The van der Waals surface area contributed by atoms with Gasteiger partial charge in [0.1, 0.15) is 0 Å². The third kappa shape index (κ3) is 1.66. The number of rotatable bonds is 2. The number of ether oxygens (including phenoxy) is 1. The molecule has 1 aromatic carbocycles. The van der Waals surface area contributed by atoms with Crippen LogP contribution in [0.25, 0.3) is 0 Å². The van der Waals surface area contributed by atoms with Gasteiger partial charge in [-0.15, -0.1) is 0 Å². The topological polar surface area (TPSA) is 35.2 Å². The van der Waals surface area contributed by atoms with Crippen molar-refractivity contribution >= 4 is 0 Å². The molecule has 2 aliphatic rings. The maximum Gasteiger partial charge on any atom is 0.0557 e. The van der Waals surface area contributed by atoms with Crippen LogP contribution in [-0.4, -0.2) is 13.2 Å². The highest BCUT2D eigenvalue weighted by molar-refractivity contribution is 5.32. The van der Waals surface area contributed by atoms with Gasteiger partial charge in [-0.25, -0.2) is 0 Å². The Morgan fingerprint density at radius 2 is 1.94 bits per heavy atom. The van der Waals surface area contributed by atoms with E-state index in [0.717, 1.165) is 26.1 Å². The number of hydrogen-bond donors (Lipinski definition) is 1. The van der Waals surface area contributed by atoms with Crippen molar-refractivity contribution in [2.45, 2.75) is 37.1 Å². The summed E-state index contributed by atoms with van der Waals surface area (Å²) >= 11 is 0. The molecule has 86 valence electrons. The summed E-state index contributed by atoms with van der Waals surface area (Å²) in [6.45, 7) is 1.75. The first kappa shape index (κ1) is 10.3. The van der Waals surface area contributed by atoms with E-state index in [-0.39, 0.29) is 5.54 Å². The van der Waals surface area contributed by atoms with E-state index in [2.05, 4.69) is 24.3 Å². The minimum Gasteiger partial charge on any atom is -0.380 e. The molecular formula is C14H19NO. The number of hydrogen-bond acceptors (Lipinski definition) is 2. The molecule has 0 spiro atoms. The Labute approximate surface area is 96.8 Å². The highest BCUT2D eigenvalue weighted by Gasteiger charge is 2.32. The maximum absolute atomic E-state index is 6.48. The van der Waals surface area contributed by atoms with Crippen molar-refractivity contribution in [2.24, 2.45) is 5.73 Å². The predicted molar refractivity (Wildman–Crippen MR) is 64.3 cm³/mol. The summed E-state index contributed by atoms with van der Waals surface area (Å²) < 4.78 is 5.25. The normalized spacial score (nSPS) is 24.3. The highest BCUT2D eigenvalue weighted by Crippen LogP contribution is 2.37. The van der Waals surface area contributed by atoms with Gasteiger partial charge in [0.05, 0.1) is 13.2 Å². The maximum atomic E-state index is 6.48. The molecule has 16 heavy (non-hydrogen) atoms. The van der Waals surface area contributed by atoms with E-state index in [0.29, 0.717) is 5.92 Å². The van der Waals surface area contributed by atoms with Crippen LogP contribution in [0.2, 0.25) is 0 Å². The highest BCUT2D eigenvalue weighted by atomic mass is 16.5. The first-order valence-corrected chi connectivity index (χ1v) is 6.25. The van der Waals surface area contributed by atoms with Crippen LogP contribution < -0.4 is 5.73 Å². The minimum atomic E-state index is -0.0549. The smallest absolute Gasteiger partial charge is 0.0557 e. The zero-order valence-electron chi connectivity index (χ0n) is 9.61. The molecule has 0 atom stereocenters. The molecule has 2 N–H and O–H groups in total. The molecule has 0 amide bonds. The van der Waals surface area contributed by atoms with E-state index in [1.54, 1.807) is 0 Å². The zero-order valence-corrected chi connectivity index (χ0v) is 9.61. The standard InChI is InChI=1S/C14H19NO/c15-14(6-1-2-7-14)13-5-3-4-11(8-13)12-9-16-10-12/h3-5,8,12H,1-2,6-7,9-10,15H2. The van der Waals surface area contributed by atoms with Crippen molar-refractivity contribution in [1.29, 1.82) is 0 Å². The second kappa shape index (κ2) is 3.86. The van der Waals surface area contributed by atoms with E-state index < -0.39 is 0 Å². The fraction of sp³-hybridized carbons (Fsp3) is 0.571. The summed E-state index contributed by atoms with van der Waals surface area (Å²) in [6, 6.07) is 8.85. The second-order valence-electron chi connectivity index (χ2n) is 5.22. The van der Waals surface area contributed by atoms with Crippen molar-refractivity contribution in [1.82, 2.24) is 0 Å². The Hall–Kier alpha value is -0.860. The average molecular weight is 217 g/mol. The Morgan fingerprint density at radius 1 is 1.19 bits per heavy atom. The van der Waals surface area contributed by atoms with Gasteiger partial charge in [-0.3, -0.25) is 0 Å². The number of benzene rings is 1. The molecule has 2 fully saturated rings. The molecule has 2 heteroatoms. The molecule has 1 aromatic rings. The van der Waals surface area contributed by atoms with Gasteiger partial charge in [0, 0.05) is 11.5 Å². The lowest BCUT2D eigenvalue weighted by atomic mass is 9.86. The van der Waals surface area contributed by atoms with Crippen LogP contribution in [0.15, 0.2) is 24.3 Å². The summed E-state index contributed by atoms with van der Waals surface area (Å²) in [5.74, 6) is 0.602. The van der Waals surface area contributed by atoms with Crippen molar-refractivity contribution < 1.29 is 4.74 Å². The summed E-state index contributed by atoms with van der Waals surface area (Å²) in [5, 5.41) is 0. The van der Waals surface area contributed by atoms with E-state index in [1.807, 2.05) is 0 Å². The van der Waals surface area contributed by atoms with Gasteiger partial charge in [0.15, 0.2) is 0 Å². The zero-order chi connectivity index (χ0) is 11.0. The summed E-state index contributed by atoms with van der Waals surface area (Å²) in [4.78, 5) is 0. The SMILES string of the molecule is NC1(c2cccc(C3COC3)c2)CCCC1. The Balaban J connectivity index is 1.89. The molecule has 1 heterocycles. The Bertz CT molecular complexity index is 378. The van der Waals surface area contributed by atoms with Crippen molar-refractivity contribution in [2.75, 3.05) is 13.2 Å². The third-order valence-corrected chi connectivity index (χ3v) is 4.07. The molecule has 2 nitrogen and oxygen atoms in total. The van der Waals surface area contributed by atoms with Crippen LogP contribution in [0.3, 0.4) is 0 Å². The Kier molecular flexibility index (Phi) is 2.49. The molecule has 1 aliphatic carbocycles. The van der Waals surface area contributed by atoms with Crippen LogP contribution >= 0.6 is 0 Å². The lowest BCUT2D eigenvalue weighted by molar-refractivity contribution is 0.00836. The summed E-state index contributed by atoms with van der Waals surface area (Å²) in [7, 11) is 0. The van der Waals surface area contributed by atoms with E-state index >= 15 is 0 Å². The van der Waals surface area contributed by atoms with Gasteiger partial charge in [-0.1, -0.05) is 37.1 Å². The van der Waals surface area contributed by atoms with Crippen molar-refractivity contribution in [3.05, 3.63) is 35.4 Å². The van der Waals surface area contributed by atoms with Crippen LogP contribution in [0.5, 0.6) is 0 Å². The van der Waals surface area contributed by atoms with E-state index in [9.17, 15) is 0 Å². The van der Waals surface area contributed by atoms with Gasteiger partial charge in [-0.2, -0.15) is 0 Å². The number of nitrogens with two attached hydrogens (primary N) is 1. The lowest BCUT2D eigenvalue weighted by Crippen LogP contribution is -2.33. The monoisotopic (exact) mass is 217 g/mol. The van der Waals surface area contributed by atoms with Gasteiger partial charge < -0.3 is 10.5 Å². The van der Waals surface area contributed by atoms with Gasteiger partial charge in [-0.05, 0) is 24.0 Å². The molecule has 1 saturated heterocycles. The van der Waals surface area contributed by atoms with Crippen LogP contribution in [0, 0.1) is 0 Å². The average Bonchev–Trinajstić information content (AvgIpc) is 2.65. The minimum absolute atomic E-state index is 0.0549. The quantitative estimate of drug-likeness (QED) is 0.826. The molecule has 1 saturated carbocycles. The fourth-order valence-corrected chi connectivity index (χ4v) is 2.83. The second-order valence-corrected chi connectivity index (χ2v) is 5.22. The first-order chi connectivity index (χ1) is 7.78. The van der Waals surface area contributed by atoms with Crippen LogP contribution in [0.1, 0.15) is 42.7 Å².